The lowest BCUT2D eigenvalue weighted by Crippen LogP contribution is -2.22. The van der Waals surface area contributed by atoms with Gasteiger partial charge in [-0.05, 0) is 29.5 Å². The van der Waals surface area contributed by atoms with Crippen molar-refractivity contribution < 1.29 is 13.5 Å². The van der Waals surface area contributed by atoms with Gasteiger partial charge < -0.3 is 5.11 Å². The maximum Gasteiger partial charge on any atom is 0.250 e. The lowest BCUT2D eigenvalue weighted by Gasteiger charge is -2.05. The van der Waals surface area contributed by atoms with E-state index in [0.29, 0.717) is 5.56 Å². The number of nitrogens with one attached hydrogen (secondary N) is 1. The Balaban J connectivity index is 2.07. The Morgan fingerprint density at radius 1 is 1.21 bits per heavy atom. The van der Waals surface area contributed by atoms with E-state index in [0.717, 1.165) is 22.5 Å². The minimum atomic E-state index is -3.50. The van der Waals surface area contributed by atoms with Crippen LogP contribution in [0.25, 0.3) is 0 Å². The maximum absolute atomic E-state index is 12.0. The Morgan fingerprint density at radius 2 is 1.89 bits per heavy atom. The predicted octanol–water partition coefficient (Wildman–Crippen LogP) is 2.03. The molecule has 0 aliphatic rings. The van der Waals surface area contributed by atoms with Crippen molar-refractivity contribution in [3.63, 3.8) is 0 Å². The zero-order valence-corrected chi connectivity index (χ0v) is 12.1. The molecule has 0 spiro atoms. The SMILES string of the molecule is Cc1ccc(CNS(=O)(=O)c2cc(CO)cs2)cc1. The Hall–Kier alpha value is -1.21. The zero-order chi connectivity index (χ0) is 13.9. The molecule has 0 radical (unpaired) electrons. The van der Waals surface area contributed by atoms with Gasteiger partial charge in [0.2, 0.25) is 10.0 Å². The molecule has 0 atom stereocenters. The van der Waals surface area contributed by atoms with E-state index in [1.54, 1.807) is 5.38 Å². The summed E-state index contributed by atoms with van der Waals surface area (Å²) in [6.45, 7) is 2.09. The fraction of sp³-hybridized carbons (Fsp3) is 0.231. The van der Waals surface area contributed by atoms with Gasteiger partial charge in [-0.2, -0.15) is 0 Å². The Morgan fingerprint density at radius 3 is 2.47 bits per heavy atom. The molecule has 0 saturated carbocycles. The van der Waals surface area contributed by atoms with Crippen LogP contribution in [0, 0.1) is 6.92 Å². The van der Waals surface area contributed by atoms with Crippen LogP contribution in [0.1, 0.15) is 16.7 Å². The van der Waals surface area contributed by atoms with E-state index in [9.17, 15) is 8.42 Å². The van der Waals surface area contributed by atoms with E-state index in [2.05, 4.69) is 4.72 Å². The third-order valence-corrected chi connectivity index (χ3v) is 5.55. The van der Waals surface area contributed by atoms with Gasteiger partial charge in [-0.3, -0.25) is 0 Å². The zero-order valence-electron chi connectivity index (χ0n) is 10.5. The average Bonchev–Trinajstić information content (AvgIpc) is 2.88. The van der Waals surface area contributed by atoms with Gasteiger partial charge in [-0.25, -0.2) is 13.1 Å². The van der Waals surface area contributed by atoms with Gasteiger partial charge >= 0.3 is 0 Å². The number of hydrogen-bond donors (Lipinski definition) is 2. The molecule has 6 heteroatoms. The van der Waals surface area contributed by atoms with Crippen LogP contribution >= 0.6 is 11.3 Å². The van der Waals surface area contributed by atoms with Crippen LogP contribution in [0.15, 0.2) is 39.9 Å². The van der Waals surface area contributed by atoms with Gasteiger partial charge in [0.25, 0.3) is 0 Å². The summed E-state index contributed by atoms with van der Waals surface area (Å²) < 4.78 is 26.8. The number of benzene rings is 1. The van der Waals surface area contributed by atoms with Gasteiger partial charge in [-0.1, -0.05) is 29.8 Å². The summed E-state index contributed by atoms with van der Waals surface area (Å²) in [5.74, 6) is 0. The highest BCUT2D eigenvalue weighted by Crippen LogP contribution is 2.20. The number of aryl methyl sites for hydroxylation is 1. The fourth-order valence-electron chi connectivity index (χ4n) is 1.53. The summed E-state index contributed by atoms with van der Waals surface area (Å²) in [7, 11) is -3.50. The van der Waals surface area contributed by atoms with Gasteiger partial charge in [-0.15, -0.1) is 11.3 Å². The number of hydrogen-bond acceptors (Lipinski definition) is 4. The molecule has 2 rings (SSSR count). The van der Waals surface area contributed by atoms with Crippen LogP contribution < -0.4 is 4.72 Å². The van der Waals surface area contributed by atoms with Crippen LogP contribution in [0.5, 0.6) is 0 Å². The van der Waals surface area contributed by atoms with E-state index in [-0.39, 0.29) is 17.4 Å². The summed E-state index contributed by atoms with van der Waals surface area (Å²) in [4.78, 5) is 0. The van der Waals surface area contributed by atoms with Gasteiger partial charge in [0.05, 0.1) is 6.61 Å². The lowest BCUT2D eigenvalue weighted by molar-refractivity contribution is 0.282. The third kappa shape index (κ3) is 3.63. The number of thiophene rings is 1. The molecule has 1 aromatic heterocycles. The summed E-state index contributed by atoms with van der Waals surface area (Å²) in [5, 5.41) is 10.6. The number of aliphatic hydroxyl groups is 1. The van der Waals surface area contributed by atoms with Crippen LogP contribution in [0.4, 0.5) is 0 Å². The van der Waals surface area contributed by atoms with Crippen molar-refractivity contribution in [1.82, 2.24) is 4.72 Å². The minimum Gasteiger partial charge on any atom is -0.392 e. The smallest absolute Gasteiger partial charge is 0.250 e. The first-order valence-electron chi connectivity index (χ1n) is 5.75. The van der Waals surface area contributed by atoms with E-state index >= 15 is 0 Å². The molecule has 2 aromatic rings. The molecule has 19 heavy (non-hydrogen) atoms. The monoisotopic (exact) mass is 297 g/mol. The van der Waals surface area contributed by atoms with Crippen molar-refractivity contribution >= 4 is 21.4 Å². The fourth-order valence-corrected chi connectivity index (χ4v) is 3.80. The first-order chi connectivity index (χ1) is 9.01. The van der Waals surface area contributed by atoms with Crippen molar-refractivity contribution in [2.45, 2.75) is 24.3 Å². The highest BCUT2D eigenvalue weighted by atomic mass is 32.2. The van der Waals surface area contributed by atoms with E-state index < -0.39 is 10.0 Å². The Labute approximate surface area is 116 Å². The summed E-state index contributed by atoms with van der Waals surface area (Å²) >= 11 is 1.11. The molecular formula is C13H15NO3S2. The molecule has 0 amide bonds. The molecule has 0 unspecified atom stereocenters. The molecule has 0 saturated heterocycles. The normalized spacial score (nSPS) is 11.7. The molecule has 0 bridgehead atoms. The number of sulfonamides is 1. The molecule has 2 N–H and O–H groups in total. The van der Waals surface area contributed by atoms with E-state index in [1.807, 2.05) is 31.2 Å². The summed E-state index contributed by atoms with van der Waals surface area (Å²) in [6, 6.07) is 9.16. The van der Waals surface area contributed by atoms with Gasteiger partial charge in [0, 0.05) is 6.54 Å². The van der Waals surface area contributed by atoms with Gasteiger partial charge in [0.1, 0.15) is 4.21 Å². The second-order valence-electron chi connectivity index (χ2n) is 4.24. The molecule has 1 heterocycles. The van der Waals surface area contributed by atoms with Gasteiger partial charge in [0.15, 0.2) is 0 Å². The summed E-state index contributed by atoms with van der Waals surface area (Å²) in [6.07, 6.45) is 0. The molecular weight excluding hydrogens is 282 g/mol. The quantitative estimate of drug-likeness (QED) is 0.887. The van der Waals surface area contributed by atoms with E-state index in [1.165, 1.54) is 6.07 Å². The molecule has 0 fully saturated rings. The topological polar surface area (TPSA) is 66.4 Å². The number of rotatable bonds is 5. The van der Waals surface area contributed by atoms with Crippen LogP contribution in [0.3, 0.4) is 0 Å². The van der Waals surface area contributed by atoms with Crippen LogP contribution in [0.2, 0.25) is 0 Å². The second kappa shape index (κ2) is 5.83. The molecule has 0 aliphatic carbocycles. The second-order valence-corrected chi connectivity index (χ2v) is 7.15. The van der Waals surface area contributed by atoms with Crippen LogP contribution in [-0.2, 0) is 23.2 Å². The molecule has 0 aliphatic heterocycles. The van der Waals surface area contributed by atoms with Crippen molar-refractivity contribution in [2.75, 3.05) is 0 Å². The van der Waals surface area contributed by atoms with Crippen LogP contribution in [-0.4, -0.2) is 13.5 Å². The van der Waals surface area contributed by atoms with Crippen molar-refractivity contribution in [2.24, 2.45) is 0 Å². The van der Waals surface area contributed by atoms with Crippen molar-refractivity contribution in [3.8, 4) is 0 Å². The first-order valence-corrected chi connectivity index (χ1v) is 8.11. The minimum absolute atomic E-state index is 0.149. The molecule has 102 valence electrons. The van der Waals surface area contributed by atoms with Crippen molar-refractivity contribution in [3.05, 3.63) is 52.4 Å². The predicted molar refractivity (Wildman–Crippen MR) is 75.4 cm³/mol. The van der Waals surface area contributed by atoms with Crippen molar-refractivity contribution in [1.29, 1.82) is 0 Å². The average molecular weight is 297 g/mol. The highest BCUT2D eigenvalue weighted by molar-refractivity contribution is 7.91. The Kier molecular flexibility index (Phi) is 4.36. The number of aliphatic hydroxyl groups excluding tert-OH is 1. The Bertz CT molecular complexity index is 645. The third-order valence-electron chi connectivity index (χ3n) is 2.66. The first kappa shape index (κ1) is 14.2. The maximum atomic E-state index is 12.0. The largest absolute Gasteiger partial charge is 0.392 e. The summed E-state index contributed by atoms with van der Waals surface area (Å²) in [5.41, 5.74) is 2.66. The standard InChI is InChI=1S/C13H15NO3S2/c1-10-2-4-11(5-3-10)7-14-19(16,17)13-6-12(8-15)9-18-13/h2-6,9,14-15H,7-8H2,1H3. The molecule has 1 aromatic carbocycles. The lowest BCUT2D eigenvalue weighted by atomic mass is 10.2. The van der Waals surface area contributed by atoms with E-state index in [4.69, 9.17) is 5.11 Å². The highest BCUT2D eigenvalue weighted by Gasteiger charge is 2.16. The molecule has 4 nitrogen and oxygen atoms in total.